The number of fused-ring (bicyclic) bond motifs is 1. The van der Waals surface area contributed by atoms with Crippen molar-refractivity contribution < 1.29 is 4.79 Å². The smallest absolute Gasteiger partial charge is 0.261 e. The molecule has 1 aromatic carbocycles. The molecule has 27 heavy (non-hydrogen) atoms. The normalized spacial score (nSPS) is 11.5. The van der Waals surface area contributed by atoms with Crippen LogP contribution >= 0.6 is 11.6 Å². The van der Waals surface area contributed by atoms with Crippen LogP contribution in [0.3, 0.4) is 0 Å². The van der Waals surface area contributed by atoms with Gasteiger partial charge in [0.25, 0.3) is 5.56 Å². The van der Waals surface area contributed by atoms with Gasteiger partial charge in [-0.25, -0.2) is 4.98 Å². The van der Waals surface area contributed by atoms with Crippen molar-refractivity contribution in [1.29, 1.82) is 0 Å². The molecule has 0 aliphatic heterocycles. The molecule has 0 fully saturated rings. The van der Waals surface area contributed by atoms with E-state index in [4.69, 9.17) is 11.6 Å². The maximum atomic E-state index is 12.9. The van der Waals surface area contributed by atoms with Crippen molar-refractivity contribution >= 4 is 28.3 Å². The second-order valence-corrected chi connectivity index (χ2v) is 7.82. The Labute approximate surface area is 163 Å². The lowest BCUT2D eigenvalue weighted by Crippen LogP contribution is -2.25. The van der Waals surface area contributed by atoms with Gasteiger partial charge in [0.2, 0.25) is 0 Å². The maximum absolute atomic E-state index is 12.9. The summed E-state index contributed by atoms with van der Waals surface area (Å²) in [5.74, 6) is 0.503. The number of halogens is 1. The summed E-state index contributed by atoms with van der Waals surface area (Å²) in [7, 11) is 0. The molecule has 3 aromatic rings. The first-order valence-corrected chi connectivity index (χ1v) is 9.50. The predicted octanol–water partition coefficient (Wildman–Crippen LogP) is 4.40. The van der Waals surface area contributed by atoms with Crippen molar-refractivity contribution in [1.82, 2.24) is 14.1 Å². The summed E-state index contributed by atoms with van der Waals surface area (Å²) >= 11 is 5.99. The van der Waals surface area contributed by atoms with Gasteiger partial charge in [0.1, 0.15) is 0 Å². The van der Waals surface area contributed by atoms with Crippen LogP contribution in [0.1, 0.15) is 42.0 Å². The summed E-state index contributed by atoms with van der Waals surface area (Å²) in [6.45, 7) is 9.19. The number of hydrogen-bond donors (Lipinski definition) is 0. The Balaban J connectivity index is 1.90. The van der Waals surface area contributed by atoms with Crippen molar-refractivity contribution in [2.75, 3.05) is 0 Å². The monoisotopic (exact) mass is 385 g/mol. The fourth-order valence-electron chi connectivity index (χ4n) is 3.30. The lowest BCUT2D eigenvalue weighted by molar-refractivity contribution is 0.0970. The molecule has 0 aliphatic rings. The molecule has 5 nitrogen and oxygen atoms in total. The van der Waals surface area contributed by atoms with Crippen LogP contribution in [0.15, 0.2) is 35.4 Å². The third kappa shape index (κ3) is 3.98. The lowest BCUT2D eigenvalue weighted by atomic mass is 10.1. The first-order chi connectivity index (χ1) is 12.8. The summed E-state index contributed by atoms with van der Waals surface area (Å²) in [6, 6.07) is 6.89. The molecule has 0 spiro atoms. The first-order valence-electron chi connectivity index (χ1n) is 9.12. The molecule has 0 unspecified atom stereocenters. The van der Waals surface area contributed by atoms with E-state index >= 15 is 0 Å². The van der Waals surface area contributed by atoms with Crippen LogP contribution in [0.2, 0.25) is 5.02 Å². The van der Waals surface area contributed by atoms with Crippen LogP contribution in [-0.2, 0) is 13.1 Å². The molecule has 6 heteroatoms. The van der Waals surface area contributed by atoms with Crippen LogP contribution in [-0.4, -0.2) is 19.9 Å². The number of Topliss-reactive ketones (excluding diaryl/α,β-unsaturated/α-hetero) is 1. The van der Waals surface area contributed by atoms with Gasteiger partial charge in [-0.05, 0) is 50.5 Å². The summed E-state index contributed by atoms with van der Waals surface area (Å²) in [4.78, 5) is 29.8. The van der Waals surface area contributed by atoms with Gasteiger partial charge in [-0.15, -0.1) is 0 Å². The number of nitrogens with zero attached hydrogens (tertiary/aromatic N) is 3. The summed E-state index contributed by atoms with van der Waals surface area (Å²) in [5.41, 5.74) is 2.98. The maximum Gasteiger partial charge on any atom is 0.261 e. The SMILES string of the molecule is Cc1cc(C(=O)Cn2cnc3ccc(Cl)cc3c2=O)c(C)n1CCC(C)C. The van der Waals surface area contributed by atoms with E-state index in [0.29, 0.717) is 27.4 Å². The largest absolute Gasteiger partial charge is 0.348 e. The molecule has 0 N–H and O–H groups in total. The molecule has 0 amide bonds. The standard InChI is InChI=1S/C21H24ClN3O2/c1-13(2)7-8-25-14(3)9-17(15(25)4)20(26)11-24-12-23-19-6-5-16(22)10-18(19)21(24)27/h5-6,9-10,12-13H,7-8,11H2,1-4H3. The highest BCUT2D eigenvalue weighted by Crippen LogP contribution is 2.19. The Morgan fingerprint density at radius 3 is 2.67 bits per heavy atom. The summed E-state index contributed by atoms with van der Waals surface area (Å²) < 4.78 is 3.52. The molecular formula is C21H24ClN3O2. The number of rotatable bonds is 6. The number of carbonyl (C=O) groups excluding carboxylic acids is 1. The van der Waals surface area contributed by atoms with Crippen LogP contribution in [0.5, 0.6) is 0 Å². The lowest BCUT2D eigenvalue weighted by Gasteiger charge is -2.11. The van der Waals surface area contributed by atoms with Crippen LogP contribution in [0, 0.1) is 19.8 Å². The Kier molecular flexibility index (Phi) is 5.51. The van der Waals surface area contributed by atoms with Crippen molar-refractivity contribution in [2.24, 2.45) is 5.92 Å². The molecule has 0 radical (unpaired) electrons. The van der Waals surface area contributed by atoms with Crippen molar-refractivity contribution in [2.45, 2.75) is 47.2 Å². The molecule has 0 bridgehead atoms. The number of hydrogen-bond acceptors (Lipinski definition) is 3. The highest BCUT2D eigenvalue weighted by Gasteiger charge is 2.17. The van der Waals surface area contributed by atoms with Crippen LogP contribution in [0.25, 0.3) is 10.9 Å². The van der Waals surface area contributed by atoms with Gasteiger partial charge >= 0.3 is 0 Å². The number of ketones is 1. The van der Waals surface area contributed by atoms with E-state index < -0.39 is 0 Å². The Hall–Kier alpha value is -2.40. The number of benzene rings is 1. The minimum atomic E-state index is -0.260. The van der Waals surface area contributed by atoms with Crippen molar-refractivity contribution in [3.05, 3.63) is 62.9 Å². The van der Waals surface area contributed by atoms with Gasteiger partial charge in [-0.1, -0.05) is 25.4 Å². The summed E-state index contributed by atoms with van der Waals surface area (Å²) in [6.07, 6.45) is 2.48. The van der Waals surface area contributed by atoms with Gasteiger partial charge in [-0.2, -0.15) is 0 Å². The van der Waals surface area contributed by atoms with E-state index in [-0.39, 0.29) is 17.9 Å². The van der Waals surface area contributed by atoms with Gasteiger partial charge in [-0.3, -0.25) is 14.2 Å². The van der Waals surface area contributed by atoms with Gasteiger partial charge in [0.05, 0.1) is 23.8 Å². The van der Waals surface area contributed by atoms with Gasteiger partial charge in [0.15, 0.2) is 5.78 Å². The zero-order valence-corrected chi connectivity index (χ0v) is 16.9. The fourth-order valence-corrected chi connectivity index (χ4v) is 3.47. The molecule has 2 aromatic heterocycles. The Bertz CT molecular complexity index is 1060. The average molecular weight is 386 g/mol. The fraction of sp³-hybridized carbons (Fsp3) is 0.381. The molecular weight excluding hydrogens is 362 g/mol. The zero-order chi connectivity index (χ0) is 19.7. The predicted molar refractivity (Wildman–Crippen MR) is 109 cm³/mol. The van der Waals surface area contributed by atoms with E-state index in [2.05, 4.69) is 23.4 Å². The van der Waals surface area contributed by atoms with Gasteiger partial charge in [0, 0.05) is 28.5 Å². The number of aryl methyl sites for hydroxylation is 1. The van der Waals surface area contributed by atoms with E-state index in [0.717, 1.165) is 24.4 Å². The zero-order valence-electron chi connectivity index (χ0n) is 16.1. The van der Waals surface area contributed by atoms with Crippen molar-refractivity contribution in [3.8, 4) is 0 Å². The molecule has 142 valence electrons. The van der Waals surface area contributed by atoms with Crippen LogP contribution < -0.4 is 5.56 Å². The number of aromatic nitrogens is 3. The quantitative estimate of drug-likeness (QED) is 0.591. The minimum Gasteiger partial charge on any atom is -0.348 e. The minimum absolute atomic E-state index is 0.0389. The highest BCUT2D eigenvalue weighted by atomic mass is 35.5. The molecule has 0 aliphatic carbocycles. The van der Waals surface area contributed by atoms with Crippen molar-refractivity contribution in [3.63, 3.8) is 0 Å². The van der Waals surface area contributed by atoms with E-state index in [1.807, 2.05) is 19.9 Å². The molecule has 0 saturated heterocycles. The first kappa shape index (κ1) is 19.4. The summed E-state index contributed by atoms with van der Waals surface area (Å²) in [5, 5.41) is 0.888. The molecule has 0 atom stereocenters. The number of carbonyl (C=O) groups is 1. The molecule has 0 saturated carbocycles. The third-order valence-corrected chi connectivity index (χ3v) is 5.14. The van der Waals surface area contributed by atoms with Gasteiger partial charge < -0.3 is 4.57 Å². The molecule has 3 rings (SSSR count). The van der Waals surface area contributed by atoms with Crippen LogP contribution in [0.4, 0.5) is 0 Å². The Morgan fingerprint density at radius 2 is 1.96 bits per heavy atom. The molecule has 2 heterocycles. The van der Waals surface area contributed by atoms with E-state index in [1.165, 1.54) is 10.9 Å². The Morgan fingerprint density at radius 1 is 1.22 bits per heavy atom. The van der Waals surface area contributed by atoms with E-state index in [1.54, 1.807) is 18.2 Å². The topological polar surface area (TPSA) is 56.9 Å². The third-order valence-electron chi connectivity index (χ3n) is 4.90. The highest BCUT2D eigenvalue weighted by molar-refractivity contribution is 6.31. The average Bonchev–Trinajstić information content (AvgIpc) is 2.90. The second-order valence-electron chi connectivity index (χ2n) is 7.38. The second kappa shape index (κ2) is 7.69. The van der Waals surface area contributed by atoms with E-state index in [9.17, 15) is 9.59 Å².